The lowest BCUT2D eigenvalue weighted by Crippen LogP contribution is -2.29. The average molecular weight is 1250 g/mol. The Bertz CT molecular complexity index is 3630. The van der Waals surface area contributed by atoms with Gasteiger partial charge in [-0.05, 0) is 74.9 Å². The highest BCUT2D eigenvalue weighted by atomic mass is 16.3. The standard InChI is InChI=1S/C15H22N4O.C14H15N5.C14H20N4O.C13H14N4O.C12H15N3O/c1-3-10-19(2)15(20)12-6-4-5-7-13(12)18-11-14-16-8-9-17-14;1-2-4-12(19-10-14-17-7-8-18-14)11(3-1)13-9-15-5-6-16-13;1-3-18(2)14(19)11-6-4-5-7-12(11)17-10-13-15-8-9-16-13;1-2-4-11(17-8-13-15-5-6-16-13)10(3-1)12-7-14-9-18-12;1-9(16)10-4-2-3-5-11(10)15-8-12-13-6-7-14-12/h4-7,18H,3,8-11H2,1-2H3,(H,16,17);1-6,9,19H,7-8,10H2,(H,17,18);4-7,17H,3,8-10H2,1-2H3,(H,15,16);1-4,7,9,17H,5-6,8H2,(H,15,16);2-5,15H,6-8H2,1H3,(H,13,14). The first kappa shape index (κ1) is 67.3. The molecule has 12 rings (SSSR count). The first-order valence-electron chi connectivity index (χ1n) is 31.3. The molecule has 0 bridgehead atoms. The molecule has 5 aliphatic rings. The predicted octanol–water partition coefficient (Wildman–Crippen LogP) is 7.39. The number of benzene rings is 5. The zero-order valence-corrected chi connectivity index (χ0v) is 53.3. The van der Waals surface area contributed by atoms with Gasteiger partial charge in [0.05, 0.1) is 94.7 Å². The SMILES string of the molecule is CC(=O)c1ccccc1NCC1=NCCN1.CCCN(C)C(=O)c1ccccc1NCC1=NCCN1.CCN(C)C(=O)c1ccccc1NCC1=NCCN1.c1ccc(-c2cnccn2)c(NCC2=NCCN2)c1.c1ccc(-c2cnco2)c(NCC2=NCCN2)c1. The van der Waals surface area contributed by atoms with Gasteiger partial charge in [0.1, 0.15) is 29.2 Å². The molecular formula is C68H86N20O4. The number of oxazole rings is 1. The van der Waals surface area contributed by atoms with Crippen molar-refractivity contribution in [3.8, 4) is 22.6 Å². The van der Waals surface area contributed by atoms with Crippen molar-refractivity contribution in [2.24, 2.45) is 25.0 Å². The van der Waals surface area contributed by atoms with Gasteiger partial charge in [-0.2, -0.15) is 0 Å². The van der Waals surface area contributed by atoms with Gasteiger partial charge in [-0.1, -0.05) is 73.7 Å². The van der Waals surface area contributed by atoms with Gasteiger partial charge in [-0.25, -0.2) is 4.98 Å². The molecule has 24 heteroatoms. The normalized spacial score (nSPS) is 13.9. The molecule has 0 radical (unpaired) electrons. The second kappa shape index (κ2) is 36.7. The van der Waals surface area contributed by atoms with Gasteiger partial charge in [0.15, 0.2) is 17.9 Å². The molecule has 0 fully saturated rings. The lowest BCUT2D eigenvalue weighted by atomic mass is 10.1. The number of ketones is 1. The van der Waals surface area contributed by atoms with Gasteiger partial charge >= 0.3 is 0 Å². The lowest BCUT2D eigenvalue weighted by Gasteiger charge is -2.18. The van der Waals surface area contributed by atoms with Crippen LogP contribution >= 0.6 is 0 Å². The highest BCUT2D eigenvalue weighted by molar-refractivity contribution is 6.02. The van der Waals surface area contributed by atoms with Gasteiger partial charge in [-0.15, -0.1) is 0 Å². The van der Waals surface area contributed by atoms with Crippen molar-refractivity contribution in [1.82, 2.24) is 51.3 Å². The van der Waals surface area contributed by atoms with Crippen LogP contribution in [0.25, 0.3) is 22.6 Å². The van der Waals surface area contributed by atoms with Crippen molar-refractivity contribution < 1.29 is 18.8 Å². The zero-order valence-electron chi connectivity index (χ0n) is 53.3. The molecule has 0 spiro atoms. The Morgan fingerprint density at radius 2 is 0.837 bits per heavy atom. The van der Waals surface area contributed by atoms with E-state index in [0.717, 1.165) is 164 Å². The zero-order chi connectivity index (χ0) is 64.5. The second-order valence-corrected chi connectivity index (χ2v) is 21.3. The van der Waals surface area contributed by atoms with Gasteiger partial charge in [0.2, 0.25) is 0 Å². The minimum Gasteiger partial charge on any atom is -0.443 e. The summed E-state index contributed by atoms with van der Waals surface area (Å²) >= 11 is 0. The third kappa shape index (κ3) is 21.0. The highest BCUT2D eigenvalue weighted by Crippen LogP contribution is 2.28. The number of amidine groups is 5. The van der Waals surface area contributed by atoms with Crippen LogP contribution in [-0.4, -0.2) is 197 Å². The van der Waals surface area contributed by atoms with E-state index < -0.39 is 0 Å². The third-order valence-electron chi connectivity index (χ3n) is 14.7. The van der Waals surface area contributed by atoms with Gasteiger partial charge in [0, 0.05) is 117 Å². The average Bonchev–Trinajstić information content (AvgIpc) is 3.75. The van der Waals surface area contributed by atoms with Crippen LogP contribution in [0, 0.1) is 0 Å². The Balaban J connectivity index is 0.000000148. The van der Waals surface area contributed by atoms with E-state index in [1.165, 1.54) is 6.39 Å². The summed E-state index contributed by atoms with van der Waals surface area (Å²) < 4.78 is 5.34. The number of hydrogen-bond donors (Lipinski definition) is 10. The monoisotopic (exact) mass is 1250 g/mol. The summed E-state index contributed by atoms with van der Waals surface area (Å²) in [5.41, 5.74) is 9.70. The molecule has 24 nitrogen and oxygen atoms in total. The first-order chi connectivity index (χ1) is 45.1. The number of rotatable bonds is 23. The molecule has 5 aliphatic heterocycles. The van der Waals surface area contributed by atoms with Crippen molar-refractivity contribution in [1.29, 1.82) is 0 Å². The third-order valence-corrected chi connectivity index (χ3v) is 14.7. The fourth-order valence-corrected chi connectivity index (χ4v) is 9.80. The molecule has 2 aromatic heterocycles. The van der Waals surface area contributed by atoms with E-state index >= 15 is 0 Å². The lowest BCUT2D eigenvalue weighted by molar-refractivity contribution is 0.0791. The summed E-state index contributed by atoms with van der Waals surface area (Å²) in [7, 11) is 3.65. The number of nitrogens with one attached hydrogen (secondary N) is 10. The molecule has 0 aliphatic carbocycles. The van der Waals surface area contributed by atoms with Crippen LogP contribution in [0.5, 0.6) is 0 Å². The number of carbonyl (C=O) groups is 3. The number of para-hydroxylation sites is 5. The molecule has 2 amide bonds. The molecular weight excluding hydrogens is 1160 g/mol. The summed E-state index contributed by atoms with van der Waals surface area (Å²) in [6, 6.07) is 38.8. The largest absolute Gasteiger partial charge is 0.443 e. The summed E-state index contributed by atoms with van der Waals surface area (Å²) in [6.45, 7) is 19.2. The van der Waals surface area contributed by atoms with Gasteiger partial charge in [-0.3, -0.25) is 49.3 Å². The predicted molar refractivity (Wildman–Crippen MR) is 373 cm³/mol. The number of aliphatic imine (C=N–C) groups is 5. The van der Waals surface area contributed by atoms with Crippen LogP contribution in [0.2, 0.25) is 0 Å². The number of Topliss-reactive ketones (excluding diaryl/α,β-unsaturated/α-hetero) is 1. The Morgan fingerprint density at radius 3 is 1.22 bits per heavy atom. The van der Waals surface area contributed by atoms with Crippen molar-refractivity contribution in [2.45, 2.75) is 27.2 Å². The Hall–Kier alpha value is -10.7. The van der Waals surface area contributed by atoms with Crippen molar-refractivity contribution in [2.75, 3.05) is 152 Å². The number of aromatic nitrogens is 3. The van der Waals surface area contributed by atoms with E-state index in [0.29, 0.717) is 50.4 Å². The molecule has 482 valence electrons. The maximum absolute atomic E-state index is 12.4. The number of nitrogens with zero attached hydrogens (tertiary/aromatic N) is 10. The van der Waals surface area contributed by atoms with Crippen LogP contribution in [0.3, 0.4) is 0 Å². The molecule has 0 unspecified atom stereocenters. The minimum atomic E-state index is 0.0342. The number of anilines is 5. The molecule has 0 atom stereocenters. The smallest absolute Gasteiger partial charge is 0.255 e. The Morgan fingerprint density at radius 1 is 0.457 bits per heavy atom. The number of carbonyl (C=O) groups excluding carboxylic acids is 3. The first-order valence-corrected chi connectivity index (χ1v) is 31.3. The second-order valence-electron chi connectivity index (χ2n) is 21.3. The van der Waals surface area contributed by atoms with Crippen molar-refractivity contribution in [3.63, 3.8) is 0 Å². The molecule has 7 heterocycles. The summed E-state index contributed by atoms with van der Waals surface area (Å²) in [5, 5.41) is 32.6. The van der Waals surface area contributed by atoms with E-state index in [-0.39, 0.29) is 17.6 Å². The molecule has 10 N–H and O–H groups in total. The molecule has 92 heavy (non-hydrogen) atoms. The van der Waals surface area contributed by atoms with Crippen LogP contribution in [-0.2, 0) is 0 Å². The molecule has 5 aromatic carbocycles. The maximum Gasteiger partial charge on any atom is 0.255 e. The van der Waals surface area contributed by atoms with Crippen LogP contribution in [0.15, 0.2) is 182 Å². The minimum absolute atomic E-state index is 0.0342. The quantitative estimate of drug-likeness (QED) is 0.0279. The van der Waals surface area contributed by atoms with Crippen molar-refractivity contribution >= 4 is 75.2 Å². The Kier molecular flexibility index (Phi) is 26.9. The van der Waals surface area contributed by atoms with E-state index in [1.807, 2.05) is 142 Å². The van der Waals surface area contributed by atoms with E-state index in [9.17, 15) is 14.4 Å². The summed E-state index contributed by atoms with van der Waals surface area (Å²) in [6.07, 6.45) is 9.26. The van der Waals surface area contributed by atoms with Crippen LogP contribution < -0.4 is 53.2 Å². The number of hydrogen-bond acceptors (Lipinski definition) is 22. The summed E-state index contributed by atoms with van der Waals surface area (Å²) in [5.74, 6) is 5.79. The topological polar surface area (TPSA) is 292 Å². The highest BCUT2D eigenvalue weighted by Gasteiger charge is 2.18. The molecule has 0 saturated heterocycles. The Labute approximate surface area is 539 Å². The van der Waals surface area contributed by atoms with Gasteiger partial charge in [0.25, 0.3) is 11.8 Å². The molecule has 7 aromatic rings. The van der Waals surface area contributed by atoms with E-state index in [2.05, 4.69) is 100 Å². The number of amides is 2. The van der Waals surface area contributed by atoms with E-state index in [4.69, 9.17) is 4.42 Å². The van der Waals surface area contributed by atoms with Gasteiger partial charge < -0.3 is 67.4 Å². The van der Waals surface area contributed by atoms with E-state index in [1.54, 1.807) is 41.5 Å². The van der Waals surface area contributed by atoms with Crippen molar-refractivity contribution in [3.05, 3.63) is 169 Å². The fraction of sp³-hybridized carbons (Fsp3) is 0.338. The molecule has 0 saturated carbocycles. The maximum atomic E-state index is 12.4. The van der Waals surface area contributed by atoms with Crippen LogP contribution in [0.4, 0.5) is 28.4 Å². The van der Waals surface area contributed by atoms with Crippen LogP contribution in [0.1, 0.15) is 58.3 Å². The fourth-order valence-electron chi connectivity index (χ4n) is 9.80. The summed E-state index contributed by atoms with van der Waals surface area (Å²) in [4.78, 5) is 73.5.